The smallest absolute Gasteiger partial charge is 0.221 e. The monoisotopic (exact) mass is 281 g/mol. The van der Waals surface area contributed by atoms with E-state index in [2.05, 4.69) is 50.4 Å². The number of hydrogen-bond acceptors (Lipinski definition) is 1. The highest BCUT2D eigenvalue weighted by atomic mass is 16.1. The van der Waals surface area contributed by atoms with Crippen molar-refractivity contribution in [3.05, 3.63) is 71.8 Å². The van der Waals surface area contributed by atoms with E-state index in [1.807, 2.05) is 36.4 Å². The van der Waals surface area contributed by atoms with Gasteiger partial charge in [-0.25, -0.2) is 0 Å². The average Bonchev–Trinajstić information content (AvgIpc) is 2.45. The van der Waals surface area contributed by atoms with Gasteiger partial charge in [0.15, 0.2) is 0 Å². The van der Waals surface area contributed by atoms with Gasteiger partial charge in [-0.2, -0.15) is 0 Å². The van der Waals surface area contributed by atoms with Crippen LogP contribution in [0.2, 0.25) is 0 Å². The molecule has 0 unspecified atom stereocenters. The summed E-state index contributed by atoms with van der Waals surface area (Å²) >= 11 is 0. The Balaban J connectivity index is 2.24. The molecule has 0 radical (unpaired) electrons. The van der Waals surface area contributed by atoms with Crippen LogP contribution in [0.5, 0.6) is 0 Å². The Morgan fingerprint density at radius 3 is 1.71 bits per heavy atom. The van der Waals surface area contributed by atoms with Gasteiger partial charge in [0.25, 0.3) is 0 Å². The molecule has 0 fully saturated rings. The highest BCUT2D eigenvalue weighted by Gasteiger charge is 2.20. The van der Waals surface area contributed by atoms with Crippen molar-refractivity contribution in [1.29, 1.82) is 0 Å². The molecule has 2 aromatic rings. The van der Waals surface area contributed by atoms with Crippen molar-refractivity contribution in [3.63, 3.8) is 0 Å². The Morgan fingerprint density at radius 2 is 1.33 bits per heavy atom. The largest absolute Gasteiger partial charge is 0.345 e. The van der Waals surface area contributed by atoms with Crippen molar-refractivity contribution in [2.45, 2.75) is 33.2 Å². The zero-order valence-electron chi connectivity index (χ0n) is 13.0. The molecule has 2 heteroatoms. The van der Waals surface area contributed by atoms with E-state index >= 15 is 0 Å². The predicted octanol–water partition coefficient (Wildman–Crippen LogP) is 4.33. The first-order valence-electron chi connectivity index (χ1n) is 7.35. The Morgan fingerprint density at radius 1 is 0.905 bits per heavy atom. The molecule has 110 valence electrons. The van der Waals surface area contributed by atoms with E-state index in [9.17, 15) is 4.79 Å². The fourth-order valence-electron chi connectivity index (χ4n) is 2.34. The lowest BCUT2D eigenvalue weighted by Crippen LogP contribution is -2.32. The van der Waals surface area contributed by atoms with E-state index in [4.69, 9.17) is 0 Å². The third-order valence-corrected chi connectivity index (χ3v) is 3.26. The van der Waals surface area contributed by atoms with Crippen molar-refractivity contribution >= 4 is 5.91 Å². The van der Waals surface area contributed by atoms with Gasteiger partial charge in [-0.15, -0.1) is 0 Å². The Kier molecular flexibility index (Phi) is 4.79. The Labute approximate surface area is 127 Å². The van der Waals surface area contributed by atoms with Crippen LogP contribution in [-0.2, 0) is 4.79 Å². The van der Waals surface area contributed by atoms with Crippen molar-refractivity contribution < 1.29 is 4.79 Å². The molecule has 21 heavy (non-hydrogen) atoms. The number of nitrogens with one attached hydrogen (secondary N) is 1. The third kappa shape index (κ3) is 4.75. The van der Waals surface area contributed by atoms with Gasteiger partial charge in [0.2, 0.25) is 5.91 Å². The quantitative estimate of drug-likeness (QED) is 0.888. The van der Waals surface area contributed by atoms with Crippen LogP contribution in [0.4, 0.5) is 0 Å². The van der Waals surface area contributed by atoms with Gasteiger partial charge in [-0.05, 0) is 16.5 Å². The molecule has 2 rings (SSSR count). The van der Waals surface area contributed by atoms with Gasteiger partial charge in [0.05, 0.1) is 6.04 Å². The molecule has 0 atom stereocenters. The van der Waals surface area contributed by atoms with Crippen LogP contribution in [0.1, 0.15) is 44.4 Å². The van der Waals surface area contributed by atoms with Crippen molar-refractivity contribution in [1.82, 2.24) is 5.32 Å². The first kappa shape index (κ1) is 15.3. The third-order valence-electron chi connectivity index (χ3n) is 3.26. The number of carbonyl (C=O) groups is 1. The molecule has 2 aromatic carbocycles. The Hall–Kier alpha value is -2.09. The molecule has 1 amide bonds. The van der Waals surface area contributed by atoms with E-state index in [0.717, 1.165) is 11.1 Å². The number of benzene rings is 2. The second-order valence-corrected chi connectivity index (χ2v) is 6.56. The molecule has 0 saturated carbocycles. The number of carbonyl (C=O) groups excluding carboxylic acids is 1. The van der Waals surface area contributed by atoms with Crippen LogP contribution in [0, 0.1) is 5.41 Å². The van der Waals surface area contributed by atoms with Crippen LogP contribution < -0.4 is 5.32 Å². The highest BCUT2D eigenvalue weighted by molar-refractivity contribution is 5.77. The van der Waals surface area contributed by atoms with Gasteiger partial charge in [0.1, 0.15) is 0 Å². The first-order chi connectivity index (χ1) is 9.96. The molecule has 2 nitrogen and oxygen atoms in total. The minimum atomic E-state index is -0.0951. The lowest BCUT2D eigenvalue weighted by Gasteiger charge is -2.23. The van der Waals surface area contributed by atoms with E-state index in [-0.39, 0.29) is 17.4 Å². The van der Waals surface area contributed by atoms with Crippen LogP contribution in [-0.4, -0.2) is 5.91 Å². The van der Waals surface area contributed by atoms with Crippen molar-refractivity contribution in [3.8, 4) is 0 Å². The lowest BCUT2D eigenvalue weighted by molar-refractivity contribution is -0.123. The minimum Gasteiger partial charge on any atom is -0.345 e. The van der Waals surface area contributed by atoms with Gasteiger partial charge in [-0.3, -0.25) is 4.79 Å². The molecule has 0 aliphatic carbocycles. The summed E-state index contributed by atoms with van der Waals surface area (Å²) in [6.45, 7) is 6.23. The summed E-state index contributed by atoms with van der Waals surface area (Å²) in [6, 6.07) is 20.1. The molecule has 1 N–H and O–H groups in total. The zero-order chi connectivity index (χ0) is 15.3. The molecule has 0 spiro atoms. The molecule has 0 aliphatic heterocycles. The molecule has 0 aliphatic rings. The maximum atomic E-state index is 12.3. The van der Waals surface area contributed by atoms with Gasteiger partial charge < -0.3 is 5.32 Å². The molecule has 0 saturated heterocycles. The maximum absolute atomic E-state index is 12.3. The summed E-state index contributed by atoms with van der Waals surface area (Å²) in [5.74, 6) is 0.0835. The van der Waals surface area contributed by atoms with Crippen LogP contribution in [0.25, 0.3) is 0 Å². The fourth-order valence-corrected chi connectivity index (χ4v) is 2.34. The summed E-state index contributed by atoms with van der Waals surface area (Å²) in [5.41, 5.74) is 2.19. The van der Waals surface area contributed by atoms with Crippen molar-refractivity contribution in [2.75, 3.05) is 0 Å². The lowest BCUT2D eigenvalue weighted by atomic mass is 9.91. The average molecular weight is 281 g/mol. The van der Waals surface area contributed by atoms with Gasteiger partial charge in [0, 0.05) is 6.42 Å². The topological polar surface area (TPSA) is 29.1 Å². The second kappa shape index (κ2) is 6.57. The maximum Gasteiger partial charge on any atom is 0.221 e. The summed E-state index contributed by atoms with van der Waals surface area (Å²) in [7, 11) is 0. The second-order valence-electron chi connectivity index (χ2n) is 6.56. The first-order valence-corrected chi connectivity index (χ1v) is 7.35. The van der Waals surface area contributed by atoms with E-state index in [1.54, 1.807) is 0 Å². The Bertz CT molecular complexity index is 530. The number of hydrogen-bond donors (Lipinski definition) is 1. The molecular formula is C19H23NO. The summed E-state index contributed by atoms with van der Waals surface area (Å²) in [4.78, 5) is 12.3. The molecule has 0 aromatic heterocycles. The van der Waals surface area contributed by atoms with Crippen LogP contribution in [0.3, 0.4) is 0 Å². The summed E-state index contributed by atoms with van der Waals surface area (Å²) in [5, 5.41) is 3.17. The molecule has 0 heterocycles. The van der Waals surface area contributed by atoms with Crippen molar-refractivity contribution in [2.24, 2.45) is 5.41 Å². The van der Waals surface area contributed by atoms with Gasteiger partial charge in [-0.1, -0.05) is 81.4 Å². The van der Waals surface area contributed by atoms with Crippen LogP contribution >= 0.6 is 0 Å². The SMILES string of the molecule is CC(C)(C)CC(=O)NC(c1ccccc1)c1ccccc1. The zero-order valence-corrected chi connectivity index (χ0v) is 13.0. The standard InChI is InChI=1S/C19H23NO/c1-19(2,3)14-17(21)20-18(15-10-6-4-7-11-15)16-12-8-5-9-13-16/h4-13,18H,14H2,1-3H3,(H,20,21). The predicted molar refractivity (Wildman–Crippen MR) is 86.9 cm³/mol. The van der Waals surface area contributed by atoms with E-state index in [0.29, 0.717) is 6.42 Å². The minimum absolute atomic E-state index is 0.0119. The summed E-state index contributed by atoms with van der Waals surface area (Å²) in [6.07, 6.45) is 0.517. The van der Waals surface area contributed by atoms with Gasteiger partial charge >= 0.3 is 0 Å². The molecular weight excluding hydrogens is 258 g/mol. The highest BCUT2D eigenvalue weighted by Crippen LogP contribution is 2.24. The number of rotatable bonds is 4. The van der Waals surface area contributed by atoms with Crippen LogP contribution in [0.15, 0.2) is 60.7 Å². The normalized spacial score (nSPS) is 11.4. The van der Waals surface area contributed by atoms with E-state index in [1.165, 1.54) is 0 Å². The molecule has 0 bridgehead atoms. The van der Waals surface area contributed by atoms with E-state index < -0.39 is 0 Å². The fraction of sp³-hybridized carbons (Fsp3) is 0.316. The number of amides is 1. The summed E-state index contributed by atoms with van der Waals surface area (Å²) < 4.78 is 0.